The van der Waals surface area contributed by atoms with E-state index in [9.17, 15) is 23.1 Å². The summed E-state index contributed by atoms with van der Waals surface area (Å²) in [5.41, 5.74) is 0.731. The van der Waals surface area contributed by atoms with Gasteiger partial charge in [0.25, 0.3) is 0 Å². The van der Waals surface area contributed by atoms with Crippen molar-refractivity contribution >= 4 is 11.7 Å². The van der Waals surface area contributed by atoms with Gasteiger partial charge in [-0.25, -0.2) is 9.78 Å². The zero-order chi connectivity index (χ0) is 27.1. The Labute approximate surface area is 216 Å². The highest BCUT2D eigenvalue weighted by Crippen LogP contribution is 2.36. The summed E-state index contributed by atoms with van der Waals surface area (Å²) < 4.78 is 53.2. The summed E-state index contributed by atoms with van der Waals surface area (Å²) in [6.07, 6.45) is 2.47. The van der Waals surface area contributed by atoms with Gasteiger partial charge in [0.05, 0.1) is 19.4 Å². The molecular weight excluding hydrogens is 507 g/mol. The largest absolute Gasteiger partial charge is 0.573 e. The zero-order valence-corrected chi connectivity index (χ0v) is 20.4. The fourth-order valence-corrected chi connectivity index (χ4v) is 4.19. The summed E-state index contributed by atoms with van der Waals surface area (Å²) in [5, 5.41) is 14.8. The van der Waals surface area contributed by atoms with Crippen molar-refractivity contribution in [2.45, 2.75) is 50.8 Å². The second-order valence-corrected chi connectivity index (χ2v) is 8.52. The normalized spacial score (nSPS) is 17.4. The van der Waals surface area contributed by atoms with Crippen molar-refractivity contribution in [3.63, 3.8) is 0 Å². The zero-order valence-electron chi connectivity index (χ0n) is 20.4. The van der Waals surface area contributed by atoms with Crippen LogP contribution in [0.3, 0.4) is 0 Å². The molecule has 3 aromatic rings. The first-order chi connectivity index (χ1) is 18.2. The smallest absolute Gasteiger partial charge is 0.494 e. The van der Waals surface area contributed by atoms with Gasteiger partial charge in [-0.2, -0.15) is 4.98 Å². The number of hydrogen-bond donors (Lipinski definition) is 3. The molecule has 10 nitrogen and oxygen atoms in total. The molecular formula is C25H26F3N5O5. The Balaban J connectivity index is 1.32. The van der Waals surface area contributed by atoms with Crippen LogP contribution in [0.1, 0.15) is 31.2 Å². The number of nitrogens with one attached hydrogen (secondary N) is 2. The molecule has 0 radical (unpaired) electrons. The summed E-state index contributed by atoms with van der Waals surface area (Å²) in [5.74, 6) is 0.393. The Hall–Kier alpha value is -4.13. The molecule has 2 aromatic heterocycles. The van der Waals surface area contributed by atoms with Crippen molar-refractivity contribution in [1.82, 2.24) is 20.3 Å². The number of carbonyl (C=O) groups is 1. The van der Waals surface area contributed by atoms with Crippen molar-refractivity contribution in [3.05, 3.63) is 54.5 Å². The van der Waals surface area contributed by atoms with Gasteiger partial charge in [-0.1, -0.05) is 0 Å². The Morgan fingerprint density at radius 3 is 2.61 bits per heavy atom. The standard InChI is InChI=1S/C25H26F3N5O5/c1-36-22-16(14-34)11-19(38-25(26,27)28)12-20(22)32-24(35)31-17-4-6-18(7-5-17)37-21-8-10-30-23(33-21)15-3-2-9-29-13-15/h2-3,8-13,17-18,34H,4-7,14H2,1H3,(H2,31,32,35). The number of rotatable bonds is 8. The summed E-state index contributed by atoms with van der Waals surface area (Å²) in [4.78, 5) is 25.4. The second kappa shape index (κ2) is 11.9. The van der Waals surface area contributed by atoms with E-state index >= 15 is 0 Å². The van der Waals surface area contributed by atoms with Crippen molar-refractivity contribution < 1.29 is 37.3 Å². The molecule has 0 atom stereocenters. The highest BCUT2D eigenvalue weighted by molar-refractivity contribution is 5.91. The van der Waals surface area contributed by atoms with E-state index in [1.54, 1.807) is 30.7 Å². The van der Waals surface area contributed by atoms with E-state index in [4.69, 9.17) is 9.47 Å². The first-order valence-electron chi connectivity index (χ1n) is 11.8. The summed E-state index contributed by atoms with van der Waals surface area (Å²) in [7, 11) is 1.28. The van der Waals surface area contributed by atoms with Crippen molar-refractivity contribution in [3.8, 4) is 28.8 Å². The van der Waals surface area contributed by atoms with E-state index in [1.165, 1.54) is 7.11 Å². The van der Waals surface area contributed by atoms with E-state index in [0.717, 1.165) is 17.7 Å². The van der Waals surface area contributed by atoms with Gasteiger partial charge in [0.15, 0.2) is 5.82 Å². The number of urea groups is 1. The van der Waals surface area contributed by atoms with Crippen LogP contribution >= 0.6 is 0 Å². The molecule has 1 fully saturated rings. The number of ether oxygens (including phenoxy) is 3. The molecule has 38 heavy (non-hydrogen) atoms. The number of amides is 2. The minimum Gasteiger partial charge on any atom is -0.494 e. The maximum absolute atomic E-state index is 12.7. The third-order valence-corrected chi connectivity index (χ3v) is 5.84. The molecule has 202 valence electrons. The maximum atomic E-state index is 12.7. The number of hydrogen-bond acceptors (Lipinski definition) is 8. The molecule has 0 aliphatic heterocycles. The molecule has 0 unspecified atom stereocenters. The quantitative estimate of drug-likeness (QED) is 0.388. The molecule has 1 aliphatic carbocycles. The Morgan fingerprint density at radius 1 is 1.16 bits per heavy atom. The average molecular weight is 534 g/mol. The Bertz CT molecular complexity index is 1240. The third-order valence-electron chi connectivity index (χ3n) is 5.84. The number of benzene rings is 1. The molecule has 0 spiro atoms. The number of carbonyl (C=O) groups excluding carboxylic acids is 1. The minimum absolute atomic E-state index is 0.0265. The molecule has 3 N–H and O–H groups in total. The van der Waals surface area contributed by atoms with Crippen LogP contribution in [0.25, 0.3) is 11.4 Å². The lowest BCUT2D eigenvalue weighted by molar-refractivity contribution is -0.274. The number of alkyl halides is 3. The number of pyridine rings is 1. The SMILES string of the molecule is COc1c(CO)cc(OC(F)(F)F)cc1NC(=O)NC1CCC(Oc2ccnc(-c3cccnc3)n2)CC1. The molecule has 1 saturated carbocycles. The van der Waals surface area contributed by atoms with E-state index in [-0.39, 0.29) is 29.1 Å². The summed E-state index contributed by atoms with van der Waals surface area (Å²) in [6.45, 7) is -0.616. The van der Waals surface area contributed by atoms with Gasteiger partial charge in [0.1, 0.15) is 17.6 Å². The molecule has 1 aromatic carbocycles. The number of halogens is 3. The lowest BCUT2D eigenvalue weighted by Gasteiger charge is -2.29. The van der Waals surface area contributed by atoms with Crippen LogP contribution in [0.5, 0.6) is 17.4 Å². The first kappa shape index (κ1) is 26.9. The van der Waals surface area contributed by atoms with Gasteiger partial charge in [0, 0.05) is 47.9 Å². The Morgan fingerprint density at radius 2 is 1.95 bits per heavy atom. The van der Waals surface area contributed by atoms with Gasteiger partial charge in [-0.3, -0.25) is 4.98 Å². The highest BCUT2D eigenvalue weighted by Gasteiger charge is 2.32. The summed E-state index contributed by atoms with van der Waals surface area (Å²) in [6, 6.07) is 6.51. The van der Waals surface area contributed by atoms with Gasteiger partial charge in [0.2, 0.25) is 5.88 Å². The van der Waals surface area contributed by atoms with Crippen LogP contribution in [-0.2, 0) is 6.61 Å². The average Bonchev–Trinajstić information content (AvgIpc) is 2.89. The van der Waals surface area contributed by atoms with E-state index in [0.29, 0.717) is 37.4 Å². The van der Waals surface area contributed by atoms with Crippen LogP contribution < -0.4 is 24.8 Å². The summed E-state index contributed by atoms with van der Waals surface area (Å²) >= 11 is 0. The number of aromatic nitrogens is 3. The molecule has 2 amide bonds. The maximum Gasteiger partial charge on any atom is 0.573 e. The van der Waals surface area contributed by atoms with Crippen LogP contribution in [0, 0.1) is 0 Å². The third kappa shape index (κ3) is 7.22. The topological polar surface area (TPSA) is 128 Å². The molecule has 0 bridgehead atoms. The second-order valence-electron chi connectivity index (χ2n) is 8.52. The van der Waals surface area contributed by atoms with Crippen molar-refractivity contribution in [1.29, 1.82) is 0 Å². The fourth-order valence-electron chi connectivity index (χ4n) is 4.19. The van der Waals surface area contributed by atoms with Gasteiger partial charge < -0.3 is 30.0 Å². The Kier molecular flexibility index (Phi) is 8.46. The number of aliphatic hydroxyl groups excluding tert-OH is 1. The van der Waals surface area contributed by atoms with Gasteiger partial charge >= 0.3 is 12.4 Å². The molecule has 1 aliphatic rings. The van der Waals surface area contributed by atoms with Gasteiger partial charge in [-0.15, -0.1) is 13.2 Å². The number of methoxy groups -OCH3 is 1. The minimum atomic E-state index is -4.94. The van der Waals surface area contributed by atoms with E-state index in [2.05, 4.69) is 30.3 Å². The van der Waals surface area contributed by atoms with Crippen LogP contribution in [-0.4, -0.2) is 51.7 Å². The predicted molar refractivity (Wildman–Crippen MR) is 130 cm³/mol. The van der Waals surface area contributed by atoms with E-state index < -0.39 is 24.7 Å². The van der Waals surface area contributed by atoms with Crippen molar-refractivity contribution in [2.24, 2.45) is 0 Å². The van der Waals surface area contributed by atoms with Crippen molar-refractivity contribution in [2.75, 3.05) is 12.4 Å². The molecule has 4 rings (SSSR count). The highest BCUT2D eigenvalue weighted by atomic mass is 19.4. The van der Waals surface area contributed by atoms with E-state index in [1.807, 2.05) is 6.07 Å². The monoisotopic (exact) mass is 533 g/mol. The molecule has 0 saturated heterocycles. The lowest BCUT2D eigenvalue weighted by Crippen LogP contribution is -2.41. The van der Waals surface area contributed by atoms with Crippen LogP contribution in [0.4, 0.5) is 23.7 Å². The number of nitrogens with zero attached hydrogens (tertiary/aromatic N) is 3. The van der Waals surface area contributed by atoms with Gasteiger partial charge in [-0.05, 0) is 43.9 Å². The fraction of sp³-hybridized carbons (Fsp3) is 0.360. The predicted octanol–water partition coefficient (Wildman–Crippen LogP) is 4.45. The first-order valence-corrected chi connectivity index (χ1v) is 11.8. The molecule has 2 heterocycles. The molecule has 13 heteroatoms. The number of anilines is 1. The lowest BCUT2D eigenvalue weighted by atomic mass is 9.93. The van der Waals surface area contributed by atoms with Crippen LogP contribution in [0.2, 0.25) is 0 Å². The number of aliphatic hydroxyl groups is 1. The van der Waals surface area contributed by atoms with Crippen LogP contribution in [0.15, 0.2) is 48.9 Å².